The molecular formula is C31H24N3O+. The zero-order chi connectivity index (χ0) is 23.7. The van der Waals surface area contributed by atoms with Crippen LogP contribution in [0.3, 0.4) is 0 Å². The van der Waals surface area contributed by atoms with Crippen molar-refractivity contribution in [2.75, 3.05) is 0 Å². The maximum atomic E-state index is 6.36. The lowest BCUT2D eigenvalue weighted by atomic mass is 9.76. The first-order valence-electron chi connectivity index (χ1n) is 11.9. The maximum absolute atomic E-state index is 6.36. The molecule has 0 radical (unpaired) electrons. The van der Waals surface area contributed by atoms with Crippen LogP contribution in [-0.2, 0) is 0 Å². The summed E-state index contributed by atoms with van der Waals surface area (Å²) in [7, 11) is 0. The van der Waals surface area contributed by atoms with E-state index in [4.69, 9.17) is 9.41 Å². The first kappa shape index (κ1) is 20.1. The third kappa shape index (κ3) is 2.71. The normalized spacial score (nSPS) is 20.3. The van der Waals surface area contributed by atoms with Gasteiger partial charge in [-0.1, -0.05) is 43.5 Å². The highest BCUT2D eigenvalue weighted by atomic mass is 16.3. The molecule has 7 rings (SSSR count). The van der Waals surface area contributed by atoms with Gasteiger partial charge in [-0.05, 0) is 54.5 Å². The van der Waals surface area contributed by atoms with Crippen molar-refractivity contribution in [2.24, 2.45) is 4.99 Å². The summed E-state index contributed by atoms with van der Waals surface area (Å²) in [6.07, 6.45) is 6.05. The summed E-state index contributed by atoms with van der Waals surface area (Å²) in [5.41, 5.74) is 9.23. The number of hydrogen-bond donors (Lipinski definition) is 0. The second-order valence-corrected chi connectivity index (χ2v) is 9.31. The summed E-state index contributed by atoms with van der Waals surface area (Å²) in [4.78, 5) is 9.89. The van der Waals surface area contributed by atoms with Crippen LogP contribution in [0.5, 0.6) is 0 Å². The van der Waals surface area contributed by atoms with Gasteiger partial charge in [0.2, 0.25) is 11.4 Å². The van der Waals surface area contributed by atoms with Crippen LogP contribution < -0.4 is 4.57 Å². The molecule has 3 unspecified atom stereocenters. The summed E-state index contributed by atoms with van der Waals surface area (Å²) in [6.45, 7) is 10.3. The highest BCUT2D eigenvalue weighted by molar-refractivity contribution is 6.21. The van der Waals surface area contributed by atoms with Gasteiger partial charge < -0.3 is 4.42 Å². The SMILES string of the molecule is C=CC1=NC(C2c3ccccc3-c3cccc[n+]3C2C=C)c2ccc3c(oc4nc(C)ccc43)c21. The fourth-order valence-electron chi connectivity index (χ4n) is 5.99. The first-order valence-corrected chi connectivity index (χ1v) is 11.9. The number of allylic oxidation sites excluding steroid dienone is 2. The predicted molar refractivity (Wildman–Crippen MR) is 140 cm³/mol. The van der Waals surface area contributed by atoms with Crippen molar-refractivity contribution in [3.63, 3.8) is 0 Å². The maximum Gasteiger partial charge on any atom is 0.227 e. The van der Waals surface area contributed by atoms with Gasteiger partial charge in [-0.25, -0.2) is 4.98 Å². The summed E-state index contributed by atoms with van der Waals surface area (Å²) in [5, 5.41) is 2.09. The number of benzene rings is 2. The van der Waals surface area contributed by atoms with E-state index in [1.807, 2.05) is 19.1 Å². The van der Waals surface area contributed by atoms with Gasteiger partial charge in [-0.2, -0.15) is 4.57 Å². The van der Waals surface area contributed by atoms with Crippen LogP contribution >= 0.6 is 0 Å². The van der Waals surface area contributed by atoms with Crippen molar-refractivity contribution < 1.29 is 8.98 Å². The van der Waals surface area contributed by atoms with E-state index in [0.29, 0.717) is 5.71 Å². The summed E-state index contributed by atoms with van der Waals surface area (Å²) in [5.74, 6) is 0.0852. The first-order chi connectivity index (χ1) is 17.2. The average Bonchev–Trinajstić information content (AvgIpc) is 3.45. The summed E-state index contributed by atoms with van der Waals surface area (Å²) < 4.78 is 8.68. The molecule has 0 bridgehead atoms. The van der Waals surface area contributed by atoms with Crippen molar-refractivity contribution in [1.29, 1.82) is 0 Å². The van der Waals surface area contributed by atoms with Gasteiger partial charge in [0.25, 0.3) is 0 Å². The smallest absolute Gasteiger partial charge is 0.227 e. The molecule has 168 valence electrons. The van der Waals surface area contributed by atoms with E-state index in [2.05, 4.69) is 95.6 Å². The number of fused-ring (bicyclic) bond motifs is 8. The monoisotopic (exact) mass is 454 g/mol. The molecule has 0 saturated carbocycles. The molecule has 0 amide bonds. The van der Waals surface area contributed by atoms with Crippen LogP contribution in [-0.4, -0.2) is 10.7 Å². The fourth-order valence-corrected chi connectivity index (χ4v) is 5.99. The Hall–Kier alpha value is -4.31. The Morgan fingerprint density at radius 3 is 2.60 bits per heavy atom. The molecule has 4 heteroatoms. The van der Waals surface area contributed by atoms with Crippen LogP contribution in [0, 0.1) is 6.92 Å². The van der Waals surface area contributed by atoms with Crippen LogP contribution in [0.15, 0.2) is 108 Å². The minimum absolute atomic E-state index is 0.0579. The van der Waals surface area contributed by atoms with Crippen LogP contribution in [0.25, 0.3) is 33.3 Å². The standard InChI is InChI=1S/C31H24N3O/c1-4-24-27-23(16-15-21-22-14-13-18(3)32-31(22)35-30(21)27)29(33-24)28-20-11-7-6-10-19(20)26-12-8-9-17-34(26)25(28)5-2/h4-17,25,28-29H,1-2H2,3H3/q+1. The molecule has 2 aromatic carbocycles. The van der Waals surface area contributed by atoms with E-state index in [1.165, 1.54) is 16.8 Å². The molecule has 0 spiro atoms. The third-order valence-electron chi connectivity index (χ3n) is 7.48. The van der Waals surface area contributed by atoms with Crippen molar-refractivity contribution in [3.8, 4) is 11.3 Å². The Morgan fingerprint density at radius 1 is 0.914 bits per heavy atom. The Kier molecular flexibility index (Phi) is 4.22. The molecule has 4 nitrogen and oxygen atoms in total. The molecule has 0 fully saturated rings. The quantitative estimate of drug-likeness (QED) is 0.222. The Labute approximate surface area is 203 Å². The highest BCUT2D eigenvalue weighted by Gasteiger charge is 2.45. The Balaban J connectivity index is 1.49. The Morgan fingerprint density at radius 2 is 1.74 bits per heavy atom. The Bertz CT molecular complexity index is 1720. The number of aryl methyl sites for hydroxylation is 1. The second kappa shape index (κ2) is 7.34. The van der Waals surface area contributed by atoms with Gasteiger partial charge in [0.1, 0.15) is 5.58 Å². The lowest BCUT2D eigenvalue weighted by Gasteiger charge is -2.32. The molecule has 5 aromatic rings. The van der Waals surface area contributed by atoms with E-state index >= 15 is 0 Å². The molecule has 2 aliphatic rings. The van der Waals surface area contributed by atoms with Gasteiger partial charge in [0.05, 0.1) is 17.7 Å². The number of pyridine rings is 2. The highest BCUT2D eigenvalue weighted by Crippen LogP contribution is 2.51. The van der Waals surface area contributed by atoms with Crippen molar-refractivity contribution >= 4 is 27.8 Å². The van der Waals surface area contributed by atoms with Crippen molar-refractivity contribution in [2.45, 2.75) is 24.9 Å². The van der Waals surface area contributed by atoms with E-state index in [-0.39, 0.29) is 18.0 Å². The summed E-state index contributed by atoms with van der Waals surface area (Å²) in [6, 6.07) is 23.5. The van der Waals surface area contributed by atoms with Crippen LogP contribution in [0.2, 0.25) is 0 Å². The van der Waals surface area contributed by atoms with Gasteiger partial charge in [0, 0.05) is 39.7 Å². The molecule has 0 N–H and O–H groups in total. The number of nitrogens with zero attached hydrogens (tertiary/aromatic N) is 3. The molecule has 0 saturated heterocycles. The number of aromatic nitrogens is 2. The van der Waals surface area contributed by atoms with Crippen molar-refractivity contribution in [3.05, 3.63) is 121 Å². The van der Waals surface area contributed by atoms with Gasteiger partial charge >= 0.3 is 0 Å². The number of rotatable bonds is 3. The lowest BCUT2D eigenvalue weighted by Crippen LogP contribution is -2.47. The van der Waals surface area contributed by atoms with Gasteiger partial charge in [-0.15, -0.1) is 0 Å². The van der Waals surface area contributed by atoms with Crippen LogP contribution in [0.4, 0.5) is 0 Å². The number of aliphatic imine (C=N–C) groups is 1. The molecular weight excluding hydrogens is 430 g/mol. The molecule has 3 aromatic heterocycles. The van der Waals surface area contributed by atoms with E-state index < -0.39 is 0 Å². The van der Waals surface area contributed by atoms with Crippen molar-refractivity contribution in [1.82, 2.24) is 4.98 Å². The van der Waals surface area contributed by atoms with E-state index in [1.54, 1.807) is 0 Å². The number of furan rings is 1. The lowest BCUT2D eigenvalue weighted by molar-refractivity contribution is -0.707. The van der Waals surface area contributed by atoms with Gasteiger partial charge in [-0.3, -0.25) is 4.99 Å². The molecule has 5 heterocycles. The average molecular weight is 455 g/mol. The molecule has 0 aliphatic carbocycles. The third-order valence-corrected chi connectivity index (χ3v) is 7.48. The minimum atomic E-state index is -0.0877. The van der Waals surface area contributed by atoms with E-state index in [0.717, 1.165) is 38.9 Å². The zero-order valence-corrected chi connectivity index (χ0v) is 19.5. The topological polar surface area (TPSA) is 42.3 Å². The second-order valence-electron chi connectivity index (χ2n) is 9.31. The van der Waals surface area contributed by atoms with Crippen LogP contribution in [0.1, 0.15) is 40.4 Å². The van der Waals surface area contributed by atoms with E-state index in [9.17, 15) is 0 Å². The molecule has 3 atom stereocenters. The van der Waals surface area contributed by atoms with Gasteiger partial charge in [0.15, 0.2) is 12.2 Å². The zero-order valence-electron chi connectivity index (χ0n) is 19.5. The molecule has 2 aliphatic heterocycles. The largest absolute Gasteiger partial charge is 0.437 e. The minimum Gasteiger partial charge on any atom is -0.437 e. The molecule has 35 heavy (non-hydrogen) atoms. The predicted octanol–water partition coefficient (Wildman–Crippen LogP) is 6.80. The number of hydrogen-bond acceptors (Lipinski definition) is 3. The summed E-state index contributed by atoms with van der Waals surface area (Å²) >= 11 is 0. The fraction of sp³-hybridized carbons (Fsp3) is 0.129.